The lowest BCUT2D eigenvalue weighted by Gasteiger charge is -2.04. The van der Waals surface area contributed by atoms with Gasteiger partial charge in [-0.05, 0) is 12.1 Å². The minimum absolute atomic E-state index is 0.332. The van der Waals surface area contributed by atoms with Crippen molar-refractivity contribution in [2.75, 3.05) is 5.73 Å². The van der Waals surface area contributed by atoms with Crippen molar-refractivity contribution in [1.82, 2.24) is 10.2 Å². The van der Waals surface area contributed by atoms with Crippen LogP contribution in [0, 0.1) is 0 Å². The van der Waals surface area contributed by atoms with Crippen molar-refractivity contribution in [3.05, 3.63) is 34.3 Å². The zero-order valence-corrected chi connectivity index (χ0v) is 9.26. The summed E-state index contributed by atoms with van der Waals surface area (Å²) in [5.41, 5.74) is 5.44. The van der Waals surface area contributed by atoms with Gasteiger partial charge in [0.05, 0.1) is 5.02 Å². The van der Waals surface area contributed by atoms with Gasteiger partial charge in [-0.15, -0.1) is 10.2 Å². The molecule has 2 rings (SSSR count). The molecule has 15 heavy (non-hydrogen) atoms. The van der Waals surface area contributed by atoms with Gasteiger partial charge in [0.15, 0.2) is 5.01 Å². The summed E-state index contributed by atoms with van der Waals surface area (Å²) in [6.07, 6.45) is 0. The summed E-state index contributed by atoms with van der Waals surface area (Å²) in [6, 6.07) is 7.27. The first-order valence-electron chi connectivity index (χ1n) is 4.21. The van der Waals surface area contributed by atoms with Gasteiger partial charge in [0.1, 0.15) is 12.4 Å². The van der Waals surface area contributed by atoms with E-state index in [1.54, 1.807) is 12.1 Å². The molecule has 1 aromatic carbocycles. The maximum Gasteiger partial charge on any atom is 0.203 e. The SMILES string of the molecule is Nc1nnc(COc2ccccc2Cl)s1. The molecule has 0 saturated heterocycles. The van der Waals surface area contributed by atoms with Crippen molar-refractivity contribution in [1.29, 1.82) is 0 Å². The Labute approximate surface area is 95.7 Å². The predicted molar refractivity (Wildman–Crippen MR) is 60.1 cm³/mol. The highest BCUT2D eigenvalue weighted by molar-refractivity contribution is 7.15. The van der Waals surface area contributed by atoms with Gasteiger partial charge in [-0.25, -0.2) is 0 Å². The molecule has 2 aromatic rings. The fourth-order valence-corrected chi connectivity index (χ4v) is 1.74. The normalized spacial score (nSPS) is 10.2. The van der Waals surface area contributed by atoms with Gasteiger partial charge >= 0.3 is 0 Å². The average molecular weight is 242 g/mol. The lowest BCUT2D eigenvalue weighted by molar-refractivity contribution is 0.305. The molecule has 0 radical (unpaired) electrons. The molecule has 0 saturated carbocycles. The van der Waals surface area contributed by atoms with Crippen LogP contribution in [-0.2, 0) is 6.61 Å². The Kier molecular flexibility index (Phi) is 3.03. The number of rotatable bonds is 3. The van der Waals surface area contributed by atoms with Gasteiger partial charge in [0, 0.05) is 0 Å². The van der Waals surface area contributed by atoms with Crippen LogP contribution in [0.2, 0.25) is 5.02 Å². The maximum atomic E-state index is 5.91. The zero-order valence-electron chi connectivity index (χ0n) is 7.68. The number of hydrogen-bond donors (Lipinski definition) is 1. The molecule has 0 bridgehead atoms. The first-order valence-corrected chi connectivity index (χ1v) is 5.40. The van der Waals surface area contributed by atoms with E-state index in [0.717, 1.165) is 5.01 Å². The molecule has 0 amide bonds. The molecule has 1 heterocycles. The number of aromatic nitrogens is 2. The largest absolute Gasteiger partial charge is 0.485 e. The third-order valence-corrected chi connectivity index (χ3v) is 2.71. The first-order chi connectivity index (χ1) is 7.25. The van der Waals surface area contributed by atoms with Gasteiger partial charge in [0.2, 0.25) is 5.13 Å². The molecular formula is C9H8ClN3OS. The summed E-state index contributed by atoms with van der Waals surface area (Å²) in [7, 11) is 0. The Morgan fingerprint density at radius 1 is 1.33 bits per heavy atom. The molecule has 6 heteroatoms. The molecule has 0 aliphatic rings. The molecule has 0 atom stereocenters. The molecule has 4 nitrogen and oxygen atoms in total. The van der Waals surface area contributed by atoms with Crippen LogP contribution >= 0.6 is 22.9 Å². The minimum atomic E-state index is 0.332. The number of para-hydroxylation sites is 1. The number of nitrogens with zero attached hydrogens (tertiary/aromatic N) is 2. The first kappa shape index (κ1) is 10.2. The molecule has 2 N–H and O–H groups in total. The number of nitrogens with two attached hydrogens (primary N) is 1. The van der Waals surface area contributed by atoms with Gasteiger partial charge in [-0.1, -0.05) is 35.1 Å². The van der Waals surface area contributed by atoms with Crippen LogP contribution in [0.5, 0.6) is 5.75 Å². The van der Waals surface area contributed by atoms with Crippen molar-refractivity contribution in [2.45, 2.75) is 6.61 Å². The van der Waals surface area contributed by atoms with Crippen molar-refractivity contribution in [2.24, 2.45) is 0 Å². The van der Waals surface area contributed by atoms with Gasteiger partial charge < -0.3 is 10.5 Å². The Hall–Kier alpha value is -1.33. The minimum Gasteiger partial charge on any atom is -0.485 e. The molecule has 0 unspecified atom stereocenters. The Morgan fingerprint density at radius 2 is 2.13 bits per heavy atom. The van der Waals surface area contributed by atoms with Gasteiger partial charge in [-0.3, -0.25) is 0 Å². The summed E-state index contributed by atoms with van der Waals surface area (Å²) < 4.78 is 5.46. The van der Waals surface area contributed by atoms with Gasteiger partial charge in [-0.2, -0.15) is 0 Å². The van der Waals surface area contributed by atoms with Crippen molar-refractivity contribution >= 4 is 28.1 Å². The highest BCUT2D eigenvalue weighted by Gasteiger charge is 2.04. The fraction of sp³-hybridized carbons (Fsp3) is 0.111. The highest BCUT2D eigenvalue weighted by Crippen LogP contribution is 2.24. The van der Waals surface area contributed by atoms with E-state index in [0.29, 0.717) is 22.5 Å². The summed E-state index contributed by atoms with van der Waals surface area (Å²) in [5, 5.41) is 9.27. The zero-order chi connectivity index (χ0) is 10.7. The summed E-state index contributed by atoms with van der Waals surface area (Å²) in [4.78, 5) is 0. The van der Waals surface area contributed by atoms with Crippen molar-refractivity contribution in [3.8, 4) is 5.75 Å². The van der Waals surface area contributed by atoms with Crippen LogP contribution in [0.1, 0.15) is 5.01 Å². The second-order valence-corrected chi connectivity index (χ2v) is 4.25. The predicted octanol–water partition coefficient (Wildman–Crippen LogP) is 2.35. The van der Waals surface area contributed by atoms with Crippen LogP contribution in [0.4, 0.5) is 5.13 Å². The Morgan fingerprint density at radius 3 is 2.80 bits per heavy atom. The van der Waals surface area contributed by atoms with E-state index in [1.807, 2.05) is 12.1 Å². The highest BCUT2D eigenvalue weighted by atomic mass is 35.5. The third-order valence-electron chi connectivity index (χ3n) is 1.67. The summed E-state index contributed by atoms with van der Waals surface area (Å²) in [5.74, 6) is 0.632. The van der Waals surface area contributed by atoms with Crippen molar-refractivity contribution < 1.29 is 4.74 Å². The third kappa shape index (κ3) is 2.57. The topological polar surface area (TPSA) is 61.0 Å². The van der Waals surface area contributed by atoms with E-state index in [-0.39, 0.29) is 0 Å². The van der Waals surface area contributed by atoms with Crippen molar-refractivity contribution in [3.63, 3.8) is 0 Å². The Bertz CT molecular complexity index is 460. The monoisotopic (exact) mass is 241 g/mol. The quantitative estimate of drug-likeness (QED) is 0.896. The summed E-state index contributed by atoms with van der Waals surface area (Å²) >= 11 is 7.21. The van der Waals surface area contributed by atoms with Gasteiger partial charge in [0.25, 0.3) is 0 Å². The van der Waals surface area contributed by atoms with E-state index in [2.05, 4.69) is 10.2 Å². The van der Waals surface area contributed by atoms with Crippen LogP contribution in [-0.4, -0.2) is 10.2 Å². The number of hydrogen-bond acceptors (Lipinski definition) is 5. The molecule has 1 aromatic heterocycles. The number of benzene rings is 1. The molecule has 0 fully saturated rings. The number of nitrogen functional groups attached to an aromatic ring is 1. The average Bonchev–Trinajstić information content (AvgIpc) is 2.63. The molecule has 0 aliphatic carbocycles. The number of ether oxygens (including phenoxy) is 1. The van der Waals surface area contributed by atoms with E-state index < -0.39 is 0 Å². The van der Waals surface area contributed by atoms with Crippen LogP contribution < -0.4 is 10.5 Å². The fourth-order valence-electron chi connectivity index (χ4n) is 1.03. The standard InChI is InChI=1S/C9H8ClN3OS/c10-6-3-1-2-4-7(6)14-5-8-12-13-9(11)15-8/h1-4H,5H2,(H2,11,13). The van der Waals surface area contributed by atoms with E-state index in [9.17, 15) is 0 Å². The maximum absolute atomic E-state index is 5.91. The summed E-state index contributed by atoms with van der Waals surface area (Å²) in [6.45, 7) is 0.332. The second kappa shape index (κ2) is 4.46. The second-order valence-electron chi connectivity index (χ2n) is 2.75. The van der Waals surface area contributed by atoms with E-state index in [4.69, 9.17) is 22.1 Å². The van der Waals surface area contributed by atoms with Crippen LogP contribution in [0.25, 0.3) is 0 Å². The lowest BCUT2D eigenvalue weighted by atomic mass is 10.3. The van der Waals surface area contributed by atoms with Crippen LogP contribution in [0.15, 0.2) is 24.3 Å². The van der Waals surface area contributed by atoms with E-state index in [1.165, 1.54) is 11.3 Å². The molecule has 0 spiro atoms. The molecule has 78 valence electrons. The number of anilines is 1. The molecular weight excluding hydrogens is 234 g/mol. The smallest absolute Gasteiger partial charge is 0.203 e. The lowest BCUT2D eigenvalue weighted by Crippen LogP contribution is -1.95. The number of halogens is 1. The Balaban J connectivity index is 2.02. The molecule has 0 aliphatic heterocycles. The van der Waals surface area contributed by atoms with Crippen LogP contribution in [0.3, 0.4) is 0 Å². The van der Waals surface area contributed by atoms with E-state index >= 15 is 0 Å².